The Bertz CT molecular complexity index is 836. The van der Waals surface area contributed by atoms with E-state index in [1.165, 1.54) is 29.3 Å². The zero-order chi connectivity index (χ0) is 17.8. The fourth-order valence-electron chi connectivity index (χ4n) is 2.73. The van der Waals surface area contributed by atoms with E-state index in [1.807, 2.05) is 6.07 Å². The Hall–Kier alpha value is -3.08. The molecule has 1 N–H and O–H groups in total. The van der Waals surface area contributed by atoms with E-state index in [2.05, 4.69) is 15.3 Å². The van der Waals surface area contributed by atoms with E-state index in [0.29, 0.717) is 13.0 Å². The van der Waals surface area contributed by atoms with Gasteiger partial charge in [-0.05, 0) is 25.0 Å². The average molecular weight is 343 g/mol. The Labute approximate surface area is 143 Å². The SMILES string of the molecule is N#Cc1ccnc(N[C@H]2CCCN(Cc3ccc(F)cc3F)C2=O)n1. The lowest BCUT2D eigenvalue weighted by Crippen LogP contribution is -2.47. The van der Waals surface area contributed by atoms with Gasteiger partial charge in [-0.1, -0.05) is 6.07 Å². The van der Waals surface area contributed by atoms with Crippen molar-refractivity contribution in [3.8, 4) is 6.07 Å². The van der Waals surface area contributed by atoms with Crippen molar-refractivity contribution in [2.24, 2.45) is 0 Å². The number of nitrogens with one attached hydrogen (secondary N) is 1. The first-order valence-electron chi connectivity index (χ1n) is 7.79. The Balaban J connectivity index is 1.71. The van der Waals surface area contributed by atoms with Crippen molar-refractivity contribution < 1.29 is 13.6 Å². The molecule has 0 radical (unpaired) electrons. The zero-order valence-corrected chi connectivity index (χ0v) is 13.2. The molecule has 128 valence electrons. The van der Waals surface area contributed by atoms with Gasteiger partial charge in [-0.3, -0.25) is 4.79 Å². The van der Waals surface area contributed by atoms with Crippen LogP contribution in [-0.4, -0.2) is 33.4 Å². The quantitative estimate of drug-likeness (QED) is 0.921. The highest BCUT2D eigenvalue weighted by Gasteiger charge is 2.29. The van der Waals surface area contributed by atoms with Gasteiger partial charge in [0.1, 0.15) is 29.4 Å². The van der Waals surface area contributed by atoms with Crippen LogP contribution in [0.25, 0.3) is 0 Å². The van der Waals surface area contributed by atoms with Crippen LogP contribution in [0.4, 0.5) is 14.7 Å². The summed E-state index contributed by atoms with van der Waals surface area (Å²) in [7, 11) is 0. The van der Waals surface area contributed by atoms with Crippen molar-refractivity contribution in [3.63, 3.8) is 0 Å². The molecule has 2 heterocycles. The van der Waals surface area contributed by atoms with E-state index < -0.39 is 17.7 Å². The van der Waals surface area contributed by atoms with E-state index in [-0.39, 0.29) is 29.7 Å². The number of amides is 1. The van der Waals surface area contributed by atoms with E-state index in [0.717, 1.165) is 12.5 Å². The number of nitrogens with zero attached hydrogens (tertiary/aromatic N) is 4. The molecule has 2 aromatic rings. The minimum absolute atomic E-state index is 0.0716. The second-order valence-corrected chi connectivity index (χ2v) is 5.71. The van der Waals surface area contributed by atoms with Crippen LogP contribution in [-0.2, 0) is 11.3 Å². The number of hydrogen-bond acceptors (Lipinski definition) is 5. The van der Waals surface area contributed by atoms with Crippen molar-refractivity contribution in [1.82, 2.24) is 14.9 Å². The molecule has 0 aliphatic carbocycles. The van der Waals surface area contributed by atoms with Crippen LogP contribution < -0.4 is 5.32 Å². The summed E-state index contributed by atoms with van der Waals surface area (Å²) in [5.41, 5.74) is 0.462. The topological polar surface area (TPSA) is 81.9 Å². The number of anilines is 1. The Morgan fingerprint density at radius 1 is 1.36 bits per heavy atom. The number of benzene rings is 1. The van der Waals surface area contributed by atoms with Crippen molar-refractivity contribution in [3.05, 3.63) is 53.4 Å². The molecule has 1 aromatic carbocycles. The smallest absolute Gasteiger partial charge is 0.245 e. The fraction of sp³-hybridized carbons (Fsp3) is 0.294. The molecule has 0 spiro atoms. The zero-order valence-electron chi connectivity index (χ0n) is 13.2. The summed E-state index contributed by atoms with van der Waals surface area (Å²) < 4.78 is 26.8. The van der Waals surface area contributed by atoms with Gasteiger partial charge in [0.25, 0.3) is 0 Å². The van der Waals surface area contributed by atoms with Gasteiger partial charge in [-0.25, -0.2) is 18.7 Å². The van der Waals surface area contributed by atoms with Gasteiger partial charge >= 0.3 is 0 Å². The lowest BCUT2D eigenvalue weighted by atomic mass is 10.0. The van der Waals surface area contributed by atoms with Gasteiger partial charge in [-0.15, -0.1) is 0 Å². The Morgan fingerprint density at radius 3 is 2.96 bits per heavy atom. The van der Waals surface area contributed by atoms with Crippen molar-refractivity contribution in [2.45, 2.75) is 25.4 Å². The number of carbonyl (C=O) groups excluding carboxylic acids is 1. The second kappa shape index (κ2) is 7.21. The first-order valence-corrected chi connectivity index (χ1v) is 7.79. The van der Waals surface area contributed by atoms with Crippen molar-refractivity contribution in [2.75, 3.05) is 11.9 Å². The maximum absolute atomic E-state index is 13.8. The molecule has 8 heteroatoms. The molecule has 0 bridgehead atoms. The number of hydrogen-bond donors (Lipinski definition) is 1. The summed E-state index contributed by atoms with van der Waals surface area (Å²) in [5.74, 6) is -1.33. The molecule has 1 fully saturated rings. The average Bonchev–Trinajstić information content (AvgIpc) is 2.61. The maximum atomic E-state index is 13.8. The predicted octanol–water partition coefficient (Wildman–Crippen LogP) is 2.23. The van der Waals surface area contributed by atoms with Crippen LogP contribution in [0.15, 0.2) is 30.5 Å². The van der Waals surface area contributed by atoms with Crippen LogP contribution in [0.2, 0.25) is 0 Å². The molecule has 1 aliphatic rings. The Kier molecular flexibility index (Phi) is 4.84. The molecule has 1 aromatic heterocycles. The van der Waals surface area contributed by atoms with Gasteiger partial charge in [0, 0.05) is 30.9 Å². The van der Waals surface area contributed by atoms with Gasteiger partial charge in [0.2, 0.25) is 11.9 Å². The third-order valence-electron chi connectivity index (χ3n) is 3.98. The summed E-state index contributed by atoms with van der Waals surface area (Å²) in [6.45, 7) is 0.565. The molecular weight excluding hydrogens is 328 g/mol. The molecule has 1 aliphatic heterocycles. The van der Waals surface area contributed by atoms with Crippen LogP contribution in [0.3, 0.4) is 0 Å². The number of halogens is 2. The molecular formula is C17H15F2N5O. The number of nitriles is 1. The highest BCUT2D eigenvalue weighted by atomic mass is 19.1. The highest BCUT2D eigenvalue weighted by molar-refractivity contribution is 5.85. The third kappa shape index (κ3) is 3.88. The van der Waals surface area contributed by atoms with E-state index in [1.54, 1.807) is 0 Å². The number of aromatic nitrogens is 2. The standard InChI is InChI=1S/C17H15F2N5O/c18-12-4-3-11(14(19)8-12)10-24-7-1-2-15(16(24)25)23-17-21-6-5-13(9-20)22-17/h3-6,8,15H,1-2,7,10H2,(H,21,22,23)/t15-/m0/s1. The lowest BCUT2D eigenvalue weighted by Gasteiger charge is -2.32. The van der Waals surface area contributed by atoms with E-state index >= 15 is 0 Å². The number of piperidine rings is 1. The van der Waals surface area contributed by atoms with Gasteiger partial charge < -0.3 is 10.2 Å². The van der Waals surface area contributed by atoms with Crippen molar-refractivity contribution in [1.29, 1.82) is 5.26 Å². The third-order valence-corrected chi connectivity index (χ3v) is 3.98. The maximum Gasteiger partial charge on any atom is 0.245 e. The predicted molar refractivity (Wildman–Crippen MR) is 85.2 cm³/mol. The Morgan fingerprint density at radius 2 is 2.20 bits per heavy atom. The van der Waals surface area contributed by atoms with E-state index in [9.17, 15) is 13.6 Å². The highest BCUT2D eigenvalue weighted by Crippen LogP contribution is 2.19. The summed E-state index contributed by atoms with van der Waals surface area (Å²) in [6.07, 6.45) is 2.75. The minimum Gasteiger partial charge on any atom is -0.342 e. The van der Waals surface area contributed by atoms with Crippen LogP contribution in [0.5, 0.6) is 0 Å². The summed E-state index contributed by atoms with van der Waals surface area (Å²) >= 11 is 0. The molecule has 25 heavy (non-hydrogen) atoms. The van der Waals surface area contributed by atoms with Crippen LogP contribution in [0, 0.1) is 23.0 Å². The molecule has 3 rings (SSSR count). The number of carbonyl (C=O) groups is 1. The normalized spacial score (nSPS) is 17.2. The van der Waals surface area contributed by atoms with Crippen LogP contribution >= 0.6 is 0 Å². The summed E-state index contributed by atoms with van der Waals surface area (Å²) in [6, 6.07) is 6.15. The van der Waals surface area contributed by atoms with E-state index in [4.69, 9.17) is 5.26 Å². The number of rotatable bonds is 4. The first kappa shape index (κ1) is 16.8. The number of likely N-dealkylation sites (tertiary alicyclic amines) is 1. The monoisotopic (exact) mass is 343 g/mol. The van der Waals surface area contributed by atoms with Gasteiger partial charge in [-0.2, -0.15) is 5.26 Å². The molecule has 1 amide bonds. The summed E-state index contributed by atoms with van der Waals surface area (Å²) in [4.78, 5) is 22.1. The second-order valence-electron chi connectivity index (χ2n) is 5.71. The lowest BCUT2D eigenvalue weighted by molar-refractivity contribution is -0.134. The molecule has 1 saturated heterocycles. The van der Waals surface area contributed by atoms with Crippen LogP contribution in [0.1, 0.15) is 24.1 Å². The first-order chi connectivity index (χ1) is 12.1. The summed E-state index contributed by atoms with van der Waals surface area (Å²) in [5, 5.41) is 11.8. The largest absolute Gasteiger partial charge is 0.342 e. The molecule has 1 atom stereocenters. The van der Waals surface area contributed by atoms with Gasteiger partial charge in [0.15, 0.2) is 0 Å². The molecule has 0 unspecified atom stereocenters. The van der Waals surface area contributed by atoms with Crippen molar-refractivity contribution >= 4 is 11.9 Å². The molecule has 0 saturated carbocycles. The molecule has 6 nitrogen and oxygen atoms in total. The van der Waals surface area contributed by atoms with Gasteiger partial charge in [0.05, 0.1) is 0 Å². The minimum atomic E-state index is -0.673. The fourth-order valence-corrected chi connectivity index (χ4v) is 2.73.